The summed E-state index contributed by atoms with van der Waals surface area (Å²) >= 11 is 0. The molecule has 2 heterocycles. The van der Waals surface area contributed by atoms with Crippen molar-refractivity contribution < 1.29 is 24.7 Å². The number of carbonyl (C=O) groups is 1. The molecule has 2 aliphatic carbocycles. The highest BCUT2D eigenvalue weighted by Crippen LogP contribution is 2.66. The van der Waals surface area contributed by atoms with Gasteiger partial charge >= 0.3 is 0 Å². The molecule has 0 unspecified atom stereocenters. The smallest absolute Gasteiger partial charge is 0.298 e. The Kier molecular flexibility index (Phi) is 5.10. The summed E-state index contributed by atoms with van der Waals surface area (Å²) in [7, 11) is 3.62. The third-order valence-electron chi connectivity index (χ3n) is 9.15. The lowest BCUT2D eigenvalue weighted by molar-refractivity contribution is -0.386. The molecule has 1 saturated carbocycles. The topological polar surface area (TPSA) is 116 Å². The molecule has 1 amide bonds. The van der Waals surface area contributed by atoms with Gasteiger partial charge in [-0.3, -0.25) is 14.9 Å². The van der Waals surface area contributed by atoms with Gasteiger partial charge in [-0.1, -0.05) is 18.1 Å². The molecule has 2 aliphatic heterocycles. The van der Waals surface area contributed by atoms with Crippen molar-refractivity contribution in [1.82, 2.24) is 9.80 Å². The van der Waals surface area contributed by atoms with Crippen molar-refractivity contribution in [2.24, 2.45) is 0 Å². The van der Waals surface area contributed by atoms with Crippen LogP contribution in [0.2, 0.25) is 0 Å². The molecule has 0 radical (unpaired) electrons. The van der Waals surface area contributed by atoms with Gasteiger partial charge in [0.25, 0.3) is 11.6 Å². The fourth-order valence-corrected chi connectivity index (χ4v) is 7.44. The number of aliphatic hydroxyl groups is 1. The molecule has 0 aromatic heterocycles. The summed E-state index contributed by atoms with van der Waals surface area (Å²) in [5.74, 6) is 5.20. The lowest BCUT2D eigenvalue weighted by Gasteiger charge is -2.64. The zero-order chi connectivity index (χ0) is 26.3. The Morgan fingerprint density at radius 2 is 2.11 bits per heavy atom. The number of carbonyl (C=O) groups excluding carboxylic acids is 1. The molecule has 2 bridgehead atoms. The zero-order valence-electron chi connectivity index (χ0n) is 21.0. The fourth-order valence-electron chi connectivity index (χ4n) is 7.44. The van der Waals surface area contributed by atoms with Crippen LogP contribution in [-0.2, 0) is 16.6 Å². The standard InChI is InChI=1S/C28H29N3O6/c1-16-5-4-6-17(13-16)7-8-23(33)30(3)19-9-10-28(34)22-14-18-20(31(35)36)15-21(32)25-24(18)27(28,26(19)37-25)11-12-29(22)2/h4-6,13,15,19,22,26,32,34H,9-12,14H2,1-3H3/t19-,22+,26-,27-,28+/m0/s1. The Hall–Kier alpha value is -3.61. The summed E-state index contributed by atoms with van der Waals surface area (Å²) in [5.41, 5.74) is 0.515. The van der Waals surface area contributed by atoms with Crippen molar-refractivity contribution in [3.05, 3.63) is 62.7 Å². The van der Waals surface area contributed by atoms with Crippen LogP contribution >= 0.6 is 0 Å². The van der Waals surface area contributed by atoms with Gasteiger partial charge < -0.3 is 24.7 Å². The third-order valence-corrected chi connectivity index (χ3v) is 9.15. The van der Waals surface area contributed by atoms with Crippen LogP contribution < -0.4 is 4.74 Å². The second-order valence-corrected chi connectivity index (χ2v) is 10.9. The molecule has 1 saturated heterocycles. The van der Waals surface area contributed by atoms with Crippen molar-refractivity contribution in [2.75, 3.05) is 20.6 Å². The number of nitro groups is 1. The Balaban J connectivity index is 1.44. The number of likely N-dealkylation sites (tertiary alicyclic amines) is 1. The molecular formula is C28H29N3O6. The van der Waals surface area contributed by atoms with E-state index < -0.39 is 28.1 Å². The largest absolute Gasteiger partial charge is 0.504 e. The number of hydrogen-bond acceptors (Lipinski definition) is 7. The number of nitro benzene ring substituents is 1. The molecule has 37 heavy (non-hydrogen) atoms. The van der Waals surface area contributed by atoms with Crippen molar-refractivity contribution in [3.63, 3.8) is 0 Å². The van der Waals surface area contributed by atoms with E-state index in [9.17, 15) is 25.1 Å². The molecule has 9 nitrogen and oxygen atoms in total. The number of likely N-dealkylation sites (N-methyl/N-ethyl adjacent to an activating group) is 2. The van der Waals surface area contributed by atoms with E-state index in [1.165, 1.54) is 0 Å². The number of piperidine rings is 1. The number of phenols is 1. The molecule has 9 heteroatoms. The van der Waals surface area contributed by atoms with E-state index in [1.54, 1.807) is 11.9 Å². The highest BCUT2D eigenvalue weighted by Gasteiger charge is 2.74. The maximum absolute atomic E-state index is 13.2. The normalized spacial score (nSPS) is 31.0. The van der Waals surface area contributed by atoms with E-state index in [2.05, 4.69) is 16.7 Å². The van der Waals surface area contributed by atoms with Crippen LogP contribution in [0, 0.1) is 28.9 Å². The first-order valence-electron chi connectivity index (χ1n) is 12.6. The fraction of sp³-hybridized carbons (Fsp3) is 0.464. The minimum atomic E-state index is -1.21. The second kappa shape index (κ2) is 7.94. The van der Waals surface area contributed by atoms with E-state index in [4.69, 9.17) is 4.74 Å². The summed E-state index contributed by atoms with van der Waals surface area (Å²) in [5, 5.41) is 35.1. The lowest BCUT2D eigenvalue weighted by atomic mass is 9.48. The van der Waals surface area contributed by atoms with Gasteiger partial charge in [0, 0.05) is 35.7 Å². The molecule has 2 aromatic rings. The first-order chi connectivity index (χ1) is 17.6. The highest BCUT2D eigenvalue weighted by atomic mass is 16.6. The van der Waals surface area contributed by atoms with Crippen LogP contribution in [0.15, 0.2) is 30.3 Å². The number of benzene rings is 2. The number of aryl methyl sites for hydroxylation is 1. The molecule has 2 fully saturated rings. The molecular weight excluding hydrogens is 474 g/mol. The number of amides is 1. The van der Waals surface area contributed by atoms with Gasteiger partial charge in [-0.25, -0.2) is 0 Å². The summed E-state index contributed by atoms with van der Waals surface area (Å²) < 4.78 is 6.41. The van der Waals surface area contributed by atoms with Crippen molar-refractivity contribution in [1.29, 1.82) is 0 Å². The minimum absolute atomic E-state index is 0.155. The maximum Gasteiger partial charge on any atom is 0.298 e. The van der Waals surface area contributed by atoms with E-state index in [0.29, 0.717) is 43.4 Å². The van der Waals surface area contributed by atoms with Gasteiger partial charge in [0.05, 0.1) is 28.0 Å². The van der Waals surface area contributed by atoms with Crippen molar-refractivity contribution in [3.8, 4) is 23.3 Å². The minimum Gasteiger partial charge on any atom is -0.504 e. The van der Waals surface area contributed by atoms with Crippen LogP contribution in [0.25, 0.3) is 0 Å². The van der Waals surface area contributed by atoms with Gasteiger partial charge in [0.2, 0.25) is 0 Å². The molecule has 5 atom stereocenters. The quantitative estimate of drug-likeness (QED) is 0.367. The predicted octanol–water partition coefficient (Wildman–Crippen LogP) is 2.27. The highest BCUT2D eigenvalue weighted by molar-refractivity contribution is 5.94. The molecule has 1 spiro atoms. The molecule has 192 valence electrons. The molecule has 6 rings (SSSR count). The summed E-state index contributed by atoms with van der Waals surface area (Å²) in [6.45, 7) is 2.62. The predicted molar refractivity (Wildman–Crippen MR) is 134 cm³/mol. The van der Waals surface area contributed by atoms with Crippen LogP contribution in [0.3, 0.4) is 0 Å². The van der Waals surface area contributed by atoms with Gasteiger partial charge in [-0.15, -0.1) is 0 Å². The van der Waals surface area contributed by atoms with Gasteiger partial charge in [-0.05, 0) is 63.9 Å². The van der Waals surface area contributed by atoms with Gasteiger partial charge in [0.1, 0.15) is 6.10 Å². The van der Waals surface area contributed by atoms with E-state index in [1.807, 2.05) is 38.2 Å². The number of rotatable bonds is 2. The van der Waals surface area contributed by atoms with E-state index >= 15 is 0 Å². The third kappa shape index (κ3) is 3.09. The van der Waals surface area contributed by atoms with Crippen LogP contribution in [0.1, 0.15) is 41.5 Å². The van der Waals surface area contributed by atoms with Crippen molar-refractivity contribution >= 4 is 11.6 Å². The van der Waals surface area contributed by atoms with Gasteiger partial charge in [-0.2, -0.15) is 0 Å². The summed E-state index contributed by atoms with van der Waals surface area (Å²) in [6, 6.07) is 8.00. The van der Waals surface area contributed by atoms with E-state index in [-0.39, 0.29) is 29.1 Å². The summed E-state index contributed by atoms with van der Waals surface area (Å²) in [6.07, 6.45) is 1.01. The number of hydrogen-bond donors (Lipinski definition) is 2. The zero-order valence-corrected chi connectivity index (χ0v) is 21.0. The Labute approximate surface area is 214 Å². The Morgan fingerprint density at radius 1 is 1.32 bits per heavy atom. The first-order valence-corrected chi connectivity index (χ1v) is 12.6. The number of nitrogens with zero attached hydrogens (tertiary/aromatic N) is 3. The van der Waals surface area contributed by atoms with Crippen molar-refractivity contribution in [2.45, 2.75) is 61.8 Å². The van der Waals surface area contributed by atoms with Crippen LogP contribution in [0.5, 0.6) is 11.5 Å². The molecule has 2 aromatic carbocycles. The average molecular weight is 504 g/mol. The van der Waals surface area contributed by atoms with Crippen LogP contribution in [-0.4, -0.2) is 75.3 Å². The number of ether oxygens (including phenoxy) is 1. The summed E-state index contributed by atoms with van der Waals surface area (Å²) in [4.78, 5) is 28.4. The monoisotopic (exact) mass is 503 g/mol. The maximum atomic E-state index is 13.2. The molecule has 4 aliphatic rings. The SMILES string of the molecule is Cc1cccc(C#CC(=O)N(C)[C@H]2CC[C@@]3(O)[C@H]4Cc5c([N+](=O)[O-])cc(O)c6c5[C@@]3(CCN4C)[C@H]2O6)c1. The van der Waals surface area contributed by atoms with E-state index in [0.717, 1.165) is 17.2 Å². The Morgan fingerprint density at radius 3 is 2.84 bits per heavy atom. The first kappa shape index (κ1) is 23.8. The van der Waals surface area contributed by atoms with Crippen LogP contribution in [0.4, 0.5) is 5.69 Å². The van der Waals surface area contributed by atoms with Gasteiger partial charge in [0.15, 0.2) is 11.5 Å². The number of phenolic OH excluding ortho intramolecular Hbond substituents is 1. The Bertz CT molecular complexity index is 1410. The average Bonchev–Trinajstić information content (AvgIpc) is 3.21. The molecule has 2 N–H and O–H groups in total. The lowest BCUT2D eigenvalue weighted by Crippen LogP contribution is -2.77. The second-order valence-electron chi connectivity index (χ2n) is 10.9. The number of aromatic hydroxyl groups is 1.